The summed E-state index contributed by atoms with van der Waals surface area (Å²) >= 11 is 0. The highest BCUT2D eigenvalue weighted by Gasteiger charge is 2.48. The van der Waals surface area contributed by atoms with Gasteiger partial charge in [0, 0.05) is 19.6 Å². The fourth-order valence-corrected chi connectivity index (χ4v) is 2.21. The zero-order valence-electron chi connectivity index (χ0n) is 13.5. The van der Waals surface area contributed by atoms with E-state index in [4.69, 9.17) is 4.74 Å². The Morgan fingerprint density at radius 2 is 1.88 bits per heavy atom. The van der Waals surface area contributed by atoms with E-state index in [1.165, 1.54) is 26.4 Å². The largest absolute Gasteiger partial charge is 0.534 e. The maximum absolute atomic E-state index is 12.5. The molecule has 0 radical (unpaired) electrons. The average Bonchev–Trinajstić information content (AvgIpc) is 2.53. The summed E-state index contributed by atoms with van der Waals surface area (Å²) in [6, 6.07) is 3.78. The van der Waals surface area contributed by atoms with Crippen LogP contribution < -0.4 is 8.92 Å². The third kappa shape index (κ3) is 6.42. The summed E-state index contributed by atoms with van der Waals surface area (Å²) in [6.07, 6.45) is 0.347. The fraction of sp³-hybridized carbons (Fsp3) is 0.500. The molecule has 0 atom stereocenters. The lowest BCUT2D eigenvalue weighted by Gasteiger charge is -2.14. The Labute approximate surface area is 142 Å². The van der Waals surface area contributed by atoms with Crippen LogP contribution in [-0.2, 0) is 30.8 Å². The van der Waals surface area contributed by atoms with Crippen LogP contribution in [0.15, 0.2) is 18.2 Å². The number of aryl methyl sites for hydroxylation is 1. The summed E-state index contributed by atoms with van der Waals surface area (Å²) in [7, 11) is -3.29. The standard InChI is InChI=1S/C14H17F3O7S/c1-21-9-23-11-7-6-10(4-3-5-13(18)22-2)12(8-11)24-25(19,20)14(15,16)17/h6-8H,3-5,9H2,1-2H3. The van der Waals surface area contributed by atoms with Crippen molar-refractivity contribution in [1.82, 2.24) is 0 Å². The number of alkyl halides is 3. The van der Waals surface area contributed by atoms with Crippen molar-refractivity contribution in [3.8, 4) is 11.5 Å². The number of halogens is 3. The van der Waals surface area contributed by atoms with Gasteiger partial charge in [0.2, 0.25) is 0 Å². The van der Waals surface area contributed by atoms with Gasteiger partial charge in [0.15, 0.2) is 6.79 Å². The average molecular weight is 386 g/mol. The second-order valence-corrected chi connectivity index (χ2v) is 6.27. The summed E-state index contributed by atoms with van der Waals surface area (Å²) in [5.74, 6) is -0.966. The lowest BCUT2D eigenvalue weighted by molar-refractivity contribution is -0.140. The molecule has 1 rings (SSSR count). The molecule has 1 aromatic rings. The molecule has 0 fully saturated rings. The molecule has 142 valence electrons. The van der Waals surface area contributed by atoms with Crippen molar-refractivity contribution in [1.29, 1.82) is 0 Å². The van der Waals surface area contributed by atoms with E-state index in [9.17, 15) is 26.4 Å². The summed E-state index contributed by atoms with van der Waals surface area (Å²) in [5.41, 5.74) is -5.40. The Bertz CT molecular complexity index is 686. The summed E-state index contributed by atoms with van der Waals surface area (Å²) < 4.78 is 78.5. The van der Waals surface area contributed by atoms with Gasteiger partial charge in [0.1, 0.15) is 11.5 Å². The minimum Gasteiger partial charge on any atom is -0.469 e. The first-order chi connectivity index (χ1) is 11.6. The molecule has 0 aliphatic heterocycles. The number of carbonyl (C=O) groups excluding carboxylic acids is 1. The summed E-state index contributed by atoms with van der Waals surface area (Å²) in [5, 5.41) is 0. The predicted octanol–water partition coefficient (Wildman–Crippen LogP) is 2.39. The monoisotopic (exact) mass is 386 g/mol. The first-order valence-electron chi connectivity index (χ1n) is 6.93. The molecular formula is C14H17F3O7S. The van der Waals surface area contributed by atoms with Crippen LogP contribution in [-0.4, -0.2) is 40.9 Å². The van der Waals surface area contributed by atoms with Crippen LogP contribution in [0.5, 0.6) is 11.5 Å². The molecule has 25 heavy (non-hydrogen) atoms. The molecule has 0 saturated heterocycles. The zero-order chi connectivity index (χ0) is 19.1. The van der Waals surface area contributed by atoms with Gasteiger partial charge in [-0.3, -0.25) is 4.79 Å². The smallest absolute Gasteiger partial charge is 0.469 e. The van der Waals surface area contributed by atoms with Gasteiger partial charge < -0.3 is 18.4 Å². The highest BCUT2D eigenvalue weighted by atomic mass is 32.2. The predicted molar refractivity (Wildman–Crippen MR) is 79.5 cm³/mol. The summed E-state index contributed by atoms with van der Waals surface area (Å²) in [4.78, 5) is 11.1. The fourth-order valence-electron chi connectivity index (χ4n) is 1.73. The number of esters is 1. The number of hydrogen-bond donors (Lipinski definition) is 0. The topological polar surface area (TPSA) is 88.1 Å². The molecule has 0 amide bonds. The number of hydrogen-bond acceptors (Lipinski definition) is 7. The normalized spacial score (nSPS) is 11.9. The van der Waals surface area contributed by atoms with Gasteiger partial charge in [-0.25, -0.2) is 0 Å². The highest BCUT2D eigenvalue weighted by Crippen LogP contribution is 2.32. The van der Waals surface area contributed by atoms with E-state index in [0.717, 1.165) is 6.07 Å². The van der Waals surface area contributed by atoms with Crippen molar-refractivity contribution in [2.75, 3.05) is 21.0 Å². The number of rotatable bonds is 9. The van der Waals surface area contributed by atoms with Gasteiger partial charge >= 0.3 is 21.6 Å². The van der Waals surface area contributed by atoms with Crippen molar-refractivity contribution >= 4 is 16.1 Å². The lowest BCUT2D eigenvalue weighted by atomic mass is 10.1. The Kier molecular flexibility index (Phi) is 7.49. The third-order valence-corrected chi connectivity index (χ3v) is 3.89. The second kappa shape index (κ2) is 8.90. The van der Waals surface area contributed by atoms with E-state index < -0.39 is 27.3 Å². The SMILES string of the molecule is COCOc1ccc(CCCC(=O)OC)c(OS(=O)(=O)C(F)(F)F)c1. The van der Waals surface area contributed by atoms with Crippen LogP contribution in [0.3, 0.4) is 0 Å². The van der Waals surface area contributed by atoms with Crippen molar-refractivity contribution in [3.63, 3.8) is 0 Å². The van der Waals surface area contributed by atoms with Crippen molar-refractivity contribution in [3.05, 3.63) is 23.8 Å². The molecule has 0 heterocycles. The molecule has 0 aliphatic carbocycles. The van der Waals surface area contributed by atoms with Gasteiger partial charge in [-0.05, 0) is 24.5 Å². The van der Waals surface area contributed by atoms with E-state index in [1.54, 1.807) is 0 Å². The third-order valence-electron chi connectivity index (χ3n) is 2.92. The molecule has 0 N–H and O–H groups in total. The van der Waals surface area contributed by atoms with Crippen LogP contribution >= 0.6 is 0 Å². The van der Waals surface area contributed by atoms with Gasteiger partial charge in [0.25, 0.3) is 0 Å². The lowest BCUT2D eigenvalue weighted by Crippen LogP contribution is -2.28. The first-order valence-corrected chi connectivity index (χ1v) is 8.33. The van der Waals surface area contributed by atoms with E-state index in [0.29, 0.717) is 0 Å². The van der Waals surface area contributed by atoms with Gasteiger partial charge in [-0.1, -0.05) is 6.07 Å². The van der Waals surface area contributed by atoms with Crippen LogP contribution in [0.25, 0.3) is 0 Å². The van der Waals surface area contributed by atoms with Gasteiger partial charge in [-0.2, -0.15) is 21.6 Å². The molecule has 0 aliphatic rings. The molecule has 7 nitrogen and oxygen atoms in total. The Morgan fingerprint density at radius 1 is 1.20 bits per heavy atom. The minimum absolute atomic E-state index is 0.0177. The highest BCUT2D eigenvalue weighted by molar-refractivity contribution is 7.88. The van der Waals surface area contributed by atoms with E-state index in [2.05, 4.69) is 13.7 Å². The quantitative estimate of drug-likeness (QED) is 0.279. The Hall–Kier alpha value is -2.01. The second-order valence-electron chi connectivity index (χ2n) is 4.73. The van der Waals surface area contributed by atoms with Crippen molar-refractivity contribution < 1.29 is 44.8 Å². The van der Waals surface area contributed by atoms with E-state index in [-0.39, 0.29) is 37.4 Å². The molecule has 0 spiro atoms. The molecule has 1 aromatic carbocycles. The van der Waals surface area contributed by atoms with Crippen LogP contribution in [0, 0.1) is 0 Å². The van der Waals surface area contributed by atoms with Crippen LogP contribution in [0.2, 0.25) is 0 Å². The number of ether oxygens (including phenoxy) is 3. The van der Waals surface area contributed by atoms with Gasteiger partial charge in [-0.15, -0.1) is 0 Å². The molecule has 0 unspecified atom stereocenters. The number of methoxy groups -OCH3 is 2. The zero-order valence-corrected chi connectivity index (χ0v) is 14.3. The first kappa shape index (κ1) is 21.0. The minimum atomic E-state index is -5.84. The van der Waals surface area contributed by atoms with Crippen LogP contribution in [0.1, 0.15) is 18.4 Å². The van der Waals surface area contributed by atoms with Crippen molar-refractivity contribution in [2.24, 2.45) is 0 Å². The molecule has 0 saturated carbocycles. The number of benzene rings is 1. The van der Waals surface area contributed by atoms with E-state index in [1.807, 2.05) is 0 Å². The molecule has 0 bridgehead atoms. The maximum atomic E-state index is 12.5. The Balaban J connectivity index is 3.04. The van der Waals surface area contributed by atoms with E-state index >= 15 is 0 Å². The molecule has 11 heteroatoms. The Morgan fingerprint density at radius 3 is 2.44 bits per heavy atom. The van der Waals surface area contributed by atoms with Crippen LogP contribution in [0.4, 0.5) is 13.2 Å². The summed E-state index contributed by atoms with van der Waals surface area (Å²) in [6.45, 7) is -0.187. The number of carbonyl (C=O) groups is 1. The molecular weight excluding hydrogens is 369 g/mol. The molecule has 0 aromatic heterocycles. The maximum Gasteiger partial charge on any atom is 0.534 e. The van der Waals surface area contributed by atoms with Gasteiger partial charge in [0.05, 0.1) is 7.11 Å². The van der Waals surface area contributed by atoms with Crippen molar-refractivity contribution in [2.45, 2.75) is 24.8 Å².